The third-order valence-electron chi connectivity index (χ3n) is 5.36. The second kappa shape index (κ2) is 7.31. The van der Waals surface area contributed by atoms with Crippen molar-refractivity contribution < 1.29 is 0 Å². The molecule has 0 saturated heterocycles. The predicted molar refractivity (Wildman–Crippen MR) is 99.8 cm³/mol. The van der Waals surface area contributed by atoms with Crippen LogP contribution in [0.5, 0.6) is 0 Å². The first-order valence-electron chi connectivity index (χ1n) is 9.22. The van der Waals surface area contributed by atoms with E-state index >= 15 is 0 Å². The van der Waals surface area contributed by atoms with Crippen LogP contribution in [-0.2, 0) is 6.54 Å². The topological polar surface area (TPSA) is 67.9 Å². The number of anilines is 1. The standard InChI is InChI=1S/C20H25N5/c21-19-18(13-23-20(24-19)16-4-1-2-5-16)14-25-10-7-15(8-11-25)17-6-3-9-22-12-17/h3,6-7,9,12-13,16H,1-2,4-5,8,10-11,14H2,(H2,21,23,24). The first kappa shape index (κ1) is 16.2. The van der Waals surface area contributed by atoms with Gasteiger partial charge in [0.2, 0.25) is 0 Å². The molecule has 0 amide bonds. The maximum atomic E-state index is 6.22. The SMILES string of the molecule is Nc1nc(C2CCCC2)ncc1CN1CC=C(c2cccnc2)CC1. The van der Waals surface area contributed by atoms with Crippen LogP contribution in [0.25, 0.3) is 5.57 Å². The van der Waals surface area contributed by atoms with Crippen molar-refractivity contribution >= 4 is 11.4 Å². The molecule has 0 aromatic carbocycles. The molecule has 1 saturated carbocycles. The fraction of sp³-hybridized carbons (Fsp3) is 0.450. The summed E-state index contributed by atoms with van der Waals surface area (Å²) in [5.74, 6) is 2.10. The highest BCUT2D eigenvalue weighted by atomic mass is 15.1. The molecule has 2 N–H and O–H groups in total. The highest BCUT2D eigenvalue weighted by Crippen LogP contribution is 2.32. The van der Waals surface area contributed by atoms with Crippen LogP contribution in [0.15, 0.2) is 36.8 Å². The molecule has 4 rings (SSSR count). The van der Waals surface area contributed by atoms with Crippen molar-refractivity contribution in [1.82, 2.24) is 19.9 Å². The van der Waals surface area contributed by atoms with Gasteiger partial charge in [0.25, 0.3) is 0 Å². The number of aromatic nitrogens is 3. The van der Waals surface area contributed by atoms with Crippen molar-refractivity contribution in [2.45, 2.75) is 44.6 Å². The van der Waals surface area contributed by atoms with E-state index in [0.29, 0.717) is 11.7 Å². The van der Waals surface area contributed by atoms with Gasteiger partial charge in [-0.15, -0.1) is 0 Å². The minimum absolute atomic E-state index is 0.510. The molecule has 1 fully saturated rings. The summed E-state index contributed by atoms with van der Waals surface area (Å²) in [5, 5.41) is 0. The van der Waals surface area contributed by atoms with Gasteiger partial charge in [-0.25, -0.2) is 9.97 Å². The molecule has 0 atom stereocenters. The zero-order valence-electron chi connectivity index (χ0n) is 14.6. The summed E-state index contributed by atoms with van der Waals surface area (Å²) in [7, 11) is 0. The van der Waals surface area contributed by atoms with E-state index in [1.807, 2.05) is 24.7 Å². The van der Waals surface area contributed by atoms with Crippen LogP contribution in [0.2, 0.25) is 0 Å². The number of hydrogen-bond acceptors (Lipinski definition) is 5. The summed E-state index contributed by atoms with van der Waals surface area (Å²) >= 11 is 0. The number of rotatable bonds is 4. The Balaban J connectivity index is 1.40. The van der Waals surface area contributed by atoms with Gasteiger partial charge >= 0.3 is 0 Å². The fourth-order valence-electron chi connectivity index (χ4n) is 3.85. The zero-order valence-corrected chi connectivity index (χ0v) is 14.6. The maximum Gasteiger partial charge on any atom is 0.133 e. The Bertz CT molecular complexity index is 750. The molecule has 0 spiro atoms. The quantitative estimate of drug-likeness (QED) is 0.927. The van der Waals surface area contributed by atoms with Gasteiger partial charge in [0.1, 0.15) is 11.6 Å². The molecule has 0 radical (unpaired) electrons. The van der Waals surface area contributed by atoms with Gasteiger partial charge in [0.05, 0.1) is 0 Å². The van der Waals surface area contributed by atoms with Gasteiger partial charge in [0.15, 0.2) is 0 Å². The maximum absolute atomic E-state index is 6.22. The van der Waals surface area contributed by atoms with E-state index < -0.39 is 0 Å². The Morgan fingerprint density at radius 3 is 2.76 bits per heavy atom. The predicted octanol–water partition coefficient (Wildman–Crippen LogP) is 3.40. The normalized spacial score (nSPS) is 19.1. The van der Waals surface area contributed by atoms with Crippen LogP contribution in [-0.4, -0.2) is 32.9 Å². The molecule has 3 heterocycles. The highest BCUT2D eigenvalue weighted by Gasteiger charge is 2.21. The molecule has 5 nitrogen and oxygen atoms in total. The Labute approximate surface area is 149 Å². The molecule has 2 aromatic heterocycles. The first-order chi connectivity index (χ1) is 12.3. The van der Waals surface area contributed by atoms with Crippen LogP contribution in [0.1, 0.15) is 55.0 Å². The number of nitrogen functional groups attached to an aromatic ring is 1. The van der Waals surface area contributed by atoms with Crippen LogP contribution >= 0.6 is 0 Å². The first-order valence-corrected chi connectivity index (χ1v) is 9.22. The van der Waals surface area contributed by atoms with E-state index in [1.54, 1.807) is 0 Å². The lowest BCUT2D eigenvalue weighted by molar-refractivity contribution is 0.293. The molecule has 130 valence electrons. The van der Waals surface area contributed by atoms with Gasteiger partial charge < -0.3 is 5.73 Å². The summed E-state index contributed by atoms with van der Waals surface area (Å²) in [6.45, 7) is 2.76. The second-order valence-electron chi connectivity index (χ2n) is 7.08. The van der Waals surface area contributed by atoms with Crippen LogP contribution in [0, 0.1) is 0 Å². The number of pyridine rings is 1. The van der Waals surface area contributed by atoms with Crippen LogP contribution in [0.4, 0.5) is 5.82 Å². The molecular weight excluding hydrogens is 310 g/mol. The van der Waals surface area contributed by atoms with Gasteiger partial charge in [-0.05, 0) is 36.5 Å². The number of nitrogens with zero attached hydrogens (tertiary/aromatic N) is 4. The second-order valence-corrected chi connectivity index (χ2v) is 7.08. The monoisotopic (exact) mass is 335 g/mol. The van der Waals surface area contributed by atoms with E-state index in [1.165, 1.54) is 36.8 Å². The summed E-state index contributed by atoms with van der Waals surface area (Å²) < 4.78 is 0. The zero-order chi connectivity index (χ0) is 17.1. The molecule has 2 aliphatic rings. The largest absolute Gasteiger partial charge is 0.383 e. The van der Waals surface area contributed by atoms with Gasteiger partial charge in [-0.2, -0.15) is 0 Å². The lowest BCUT2D eigenvalue weighted by Gasteiger charge is -2.26. The number of hydrogen-bond donors (Lipinski definition) is 1. The van der Waals surface area contributed by atoms with E-state index in [9.17, 15) is 0 Å². The molecule has 0 bridgehead atoms. The summed E-state index contributed by atoms with van der Waals surface area (Å²) in [6.07, 6.45) is 14.0. The molecule has 1 aliphatic heterocycles. The summed E-state index contributed by atoms with van der Waals surface area (Å²) in [4.78, 5) is 15.8. The van der Waals surface area contributed by atoms with Crippen LogP contribution in [0.3, 0.4) is 0 Å². The van der Waals surface area contributed by atoms with Crippen molar-refractivity contribution in [2.24, 2.45) is 0 Å². The van der Waals surface area contributed by atoms with Crippen molar-refractivity contribution in [1.29, 1.82) is 0 Å². The molecular formula is C20H25N5. The Kier molecular flexibility index (Phi) is 4.74. The third-order valence-corrected chi connectivity index (χ3v) is 5.36. The highest BCUT2D eigenvalue weighted by molar-refractivity contribution is 5.65. The molecule has 2 aromatic rings. The van der Waals surface area contributed by atoms with Gasteiger partial charge in [-0.3, -0.25) is 9.88 Å². The van der Waals surface area contributed by atoms with E-state index in [0.717, 1.165) is 37.4 Å². The van der Waals surface area contributed by atoms with Crippen molar-refractivity contribution in [3.8, 4) is 0 Å². The van der Waals surface area contributed by atoms with E-state index in [-0.39, 0.29) is 0 Å². The van der Waals surface area contributed by atoms with E-state index in [4.69, 9.17) is 5.73 Å². The van der Waals surface area contributed by atoms with Crippen LogP contribution < -0.4 is 5.73 Å². The lowest BCUT2D eigenvalue weighted by atomic mass is 10.0. The van der Waals surface area contributed by atoms with Gasteiger partial charge in [-0.1, -0.05) is 25.0 Å². The lowest BCUT2D eigenvalue weighted by Crippen LogP contribution is -2.28. The van der Waals surface area contributed by atoms with Crippen molar-refractivity contribution in [2.75, 3.05) is 18.8 Å². The molecule has 1 aliphatic carbocycles. The summed E-state index contributed by atoms with van der Waals surface area (Å²) in [6, 6.07) is 4.12. The molecule has 5 heteroatoms. The average molecular weight is 335 g/mol. The summed E-state index contributed by atoms with van der Waals surface area (Å²) in [5.41, 5.74) is 9.87. The third kappa shape index (κ3) is 3.71. The Hall–Kier alpha value is -2.27. The number of nitrogens with two attached hydrogens (primary N) is 1. The van der Waals surface area contributed by atoms with Crippen molar-refractivity contribution in [3.63, 3.8) is 0 Å². The Morgan fingerprint density at radius 1 is 1.20 bits per heavy atom. The van der Waals surface area contributed by atoms with Crippen molar-refractivity contribution in [3.05, 3.63) is 53.8 Å². The smallest absolute Gasteiger partial charge is 0.133 e. The Morgan fingerprint density at radius 2 is 2.08 bits per heavy atom. The minimum atomic E-state index is 0.510. The minimum Gasteiger partial charge on any atom is -0.383 e. The average Bonchev–Trinajstić information content (AvgIpc) is 3.19. The van der Waals surface area contributed by atoms with Gasteiger partial charge in [0, 0.05) is 49.7 Å². The van der Waals surface area contributed by atoms with E-state index in [2.05, 4.69) is 32.0 Å². The molecule has 25 heavy (non-hydrogen) atoms. The fourth-order valence-corrected chi connectivity index (χ4v) is 3.85. The molecule has 0 unspecified atom stereocenters.